The number of hydrogen-bond donors (Lipinski definition) is 1. The lowest BCUT2D eigenvalue weighted by Crippen LogP contribution is -2.15. The molecular weight excluding hydrogens is 268 g/mol. The number of rotatable bonds is 4. The number of nitrogens with two attached hydrogens (primary N) is 1. The van der Waals surface area contributed by atoms with E-state index in [1.165, 1.54) is 4.88 Å². The van der Waals surface area contributed by atoms with Crippen LogP contribution in [-0.2, 0) is 12.0 Å². The van der Waals surface area contributed by atoms with Crippen LogP contribution >= 0.6 is 11.3 Å². The summed E-state index contributed by atoms with van der Waals surface area (Å²) in [6.45, 7) is 9.72. The predicted octanol–water partition coefficient (Wildman–Crippen LogP) is 3.97. The molecule has 2 aromatic rings. The van der Waals surface area contributed by atoms with Gasteiger partial charge in [-0.2, -0.15) is 0 Å². The van der Waals surface area contributed by atoms with Crippen LogP contribution in [0.4, 0.5) is 0 Å². The Morgan fingerprint density at radius 2 is 1.85 bits per heavy atom. The first-order chi connectivity index (χ1) is 9.45. The van der Waals surface area contributed by atoms with Gasteiger partial charge in [-0.15, -0.1) is 11.3 Å². The maximum absolute atomic E-state index is 5.85. The fraction of sp³-hybridized carbons (Fsp3) is 0.438. The minimum atomic E-state index is 0.0225. The van der Waals surface area contributed by atoms with Crippen LogP contribution in [0.25, 0.3) is 10.6 Å². The second kappa shape index (κ2) is 5.94. The largest absolute Gasteiger partial charge is 0.494 e. The maximum Gasteiger partial charge on any atom is 0.123 e. The Labute approximate surface area is 124 Å². The maximum atomic E-state index is 5.85. The summed E-state index contributed by atoms with van der Waals surface area (Å²) >= 11 is 1.68. The second-order valence-electron chi connectivity index (χ2n) is 5.70. The highest BCUT2D eigenvalue weighted by molar-refractivity contribution is 7.15. The standard InChI is InChI=1S/C16H22N2OS/c1-5-19-12-8-6-11(7-9-12)15-18-14(16(2,3)4)13(10-17)20-15/h6-9H,5,10,17H2,1-4H3. The van der Waals surface area contributed by atoms with E-state index in [1.807, 2.05) is 19.1 Å². The van der Waals surface area contributed by atoms with E-state index in [0.717, 1.165) is 22.0 Å². The van der Waals surface area contributed by atoms with E-state index in [1.54, 1.807) is 11.3 Å². The molecule has 0 aliphatic rings. The molecule has 0 atom stereocenters. The number of thiazole rings is 1. The Morgan fingerprint density at radius 1 is 1.20 bits per heavy atom. The molecule has 0 aliphatic carbocycles. The van der Waals surface area contributed by atoms with Gasteiger partial charge in [-0.05, 0) is 31.2 Å². The van der Waals surface area contributed by atoms with Gasteiger partial charge in [-0.1, -0.05) is 20.8 Å². The lowest BCUT2D eigenvalue weighted by atomic mass is 9.91. The molecule has 2 rings (SSSR count). The van der Waals surface area contributed by atoms with E-state index < -0.39 is 0 Å². The molecule has 0 bridgehead atoms. The van der Waals surface area contributed by atoms with Crippen molar-refractivity contribution >= 4 is 11.3 Å². The first-order valence-electron chi connectivity index (χ1n) is 6.89. The van der Waals surface area contributed by atoms with Gasteiger partial charge in [0.1, 0.15) is 10.8 Å². The van der Waals surface area contributed by atoms with Gasteiger partial charge in [0, 0.05) is 22.4 Å². The number of aromatic nitrogens is 1. The summed E-state index contributed by atoms with van der Waals surface area (Å²) in [7, 11) is 0. The summed E-state index contributed by atoms with van der Waals surface area (Å²) in [5.41, 5.74) is 8.10. The van der Waals surface area contributed by atoms with Gasteiger partial charge >= 0.3 is 0 Å². The van der Waals surface area contributed by atoms with Crippen molar-refractivity contribution in [2.24, 2.45) is 5.73 Å². The van der Waals surface area contributed by atoms with Crippen molar-refractivity contribution in [3.05, 3.63) is 34.8 Å². The molecule has 3 nitrogen and oxygen atoms in total. The first-order valence-corrected chi connectivity index (χ1v) is 7.71. The van der Waals surface area contributed by atoms with Crippen LogP contribution in [0, 0.1) is 0 Å². The van der Waals surface area contributed by atoms with E-state index in [9.17, 15) is 0 Å². The van der Waals surface area contributed by atoms with Crippen LogP contribution in [-0.4, -0.2) is 11.6 Å². The highest BCUT2D eigenvalue weighted by Crippen LogP contribution is 2.34. The number of ether oxygens (including phenoxy) is 1. The van der Waals surface area contributed by atoms with Crippen LogP contribution in [0.2, 0.25) is 0 Å². The molecule has 0 fully saturated rings. The summed E-state index contributed by atoms with van der Waals surface area (Å²) < 4.78 is 5.46. The average Bonchev–Trinajstić information content (AvgIpc) is 2.84. The molecule has 1 aromatic carbocycles. The lowest BCUT2D eigenvalue weighted by molar-refractivity contribution is 0.340. The third-order valence-corrected chi connectivity index (χ3v) is 4.13. The van der Waals surface area contributed by atoms with Crippen LogP contribution in [0.1, 0.15) is 38.3 Å². The minimum absolute atomic E-state index is 0.0225. The van der Waals surface area contributed by atoms with E-state index in [-0.39, 0.29) is 5.41 Å². The van der Waals surface area contributed by atoms with Crippen LogP contribution < -0.4 is 10.5 Å². The predicted molar refractivity (Wildman–Crippen MR) is 85.3 cm³/mol. The van der Waals surface area contributed by atoms with Crippen molar-refractivity contribution in [3.8, 4) is 16.3 Å². The molecule has 0 amide bonds. The highest BCUT2D eigenvalue weighted by atomic mass is 32.1. The third-order valence-electron chi connectivity index (χ3n) is 3.01. The van der Waals surface area contributed by atoms with Crippen molar-refractivity contribution in [1.29, 1.82) is 0 Å². The highest BCUT2D eigenvalue weighted by Gasteiger charge is 2.22. The number of nitrogens with zero attached hydrogens (tertiary/aromatic N) is 1. The summed E-state index contributed by atoms with van der Waals surface area (Å²) in [5, 5.41) is 1.03. The van der Waals surface area contributed by atoms with Crippen molar-refractivity contribution < 1.29 is 4.74 Å². The fourth-order valence-electron chi connectivity index (χ4n) is 2.06. The van der Waals surface area contributed by atoms with Crippen molar-refractivity contribution in [2.75, 3.05) is 6.61 Å². The Morgan fingerprint density at radius 3 is 2.30 bits per heavy atom. The molecule has 0 spiro atoms. The third kappa shape index (κ3) is 3.19. The van der Waals surface area contributed by atoms with E-state index in [0.29, 0.717) is 13.2 Å². The Bertz CT molecular complexity index is 567. The molecule has 1 heterocycles. The molecule has 1 aromatic heterocycles. The molecule has 108 valence electrons. The SMILES string of the molecule is CCOc1ccc(-c2nc(C(C)(C)C)c(CN)s2)cc1. The van der Waals surface area contributed by atoms with Gasteiger partial charge in [0.2, 0.25) is 0 Å². The zero-order valence-corrected chi connectivity index (χ0v) is 13.4. The lowest BCUT2D eigenvalue weighted by Gasteiger charge is -2.16. The molecule has 0 unspecified atom stereocenters. The number of benzene rings is 1. The minimum Gasteiger partial charge on any atom is -0.494 e. The van der Waals surface area contributed by atoms with Crippen molar-refractivity contribution in [2.45, 2.75) is 39.7 Å². The van der Waals surface area contributed by atoms with Gasteiger partial charge in [0.25, 0.3) is 0 Å². The number of hydrogen-bond acceptors (Lipinski definition) is 4. The van der Waals surface area contributed by atoms with Crippen molar-refractivity contribution in [1.82, 2.24) is 4.98 Å². The molecule has 0 saturated carbocycles. The Balaban J connectivity index is 2.35. The van der Waals surface area contributed by atoms with Gasteiger partial charge in [0.15, 0.2) is 0 Å². The second-order valence-corrected chi connectivity index (χ2v) is 6.79. The zero-order valence-electron chi connectivity index (χ0n) is 12.6. The molecule has 2 N–H and O–H groups in total. The van der Waals surface area contributed by atoms with Crippen LogP contribution in [0.5, 0.6) is 5.75 Å². The van der Waals surface area contributed by atoms with Gasteiger partial charge < -0.3 is 10.5 Å². The van der Waals surface area contributed by atoms with Crippen LogP contribution in [0.3, 0.4) is 0 Å². The molecule has 4 heteroatoms. The summed E-state index contributed by atoms with van der Waals surface area (Å²) in [6, 6.07) is 8.07. The molecule has 0 aliphatic heterocycles. The molecule has 0 radical (unpaired) electrons. The van der Waals surface area contributed by atoms with Crippen LogP contribution in [0.15, 0.2) is 24.3 Å². The quantitative estimate of drug-likeness (QED) is 0.927. The smallest absolute Gasteiger partial charge is 0.123 e. The van der Waals surface area contributed by atoms with E-state index in [2.05, 4.69) is 32.9 Å². The summed E-state index contributed by atoms with van der Waals surface area (Å²) in [4.78, 5) is 5.96. The van der Waals surface area contributed by atoms with Gasteiger partial charge in [-0.25, -0.2) is 4.98 Å². The summed E-state index contributed by atoms with van der Waals surface area (Å²) in [5.74, 6) is 0.892. The monoisotopic (exact) mass is 290 g/mol. The summed E-state index contributed by atoms with van der Waals surface area (Å²) in [6.07, 6.45) is 0. The fourth-order valence-corrected chi connectivity index (χ4v) is 3.22. The normalized spacial score (nSPS) is 11.7. The van der Waals surface area contributed by atoms with Gasteiger partial charge in [0.05, 0.1) is 12.3 Å². The Hall–Kier alpha value is -1.39. The van der Waals surface area contributed by atoms with E-state index in [4.69, 9.17) is 15.5 Å². The first kappa shape index (κ1) is 15.0. The average molecular weight is 290 g/mol. The Kier molecular flexibility index (Phi) is 4.45. The zero-order chi connectivity index (χ0) is 14.8. The van der Waals surface area contributed by atoms with E-state index >= 15 is 0 Å². The topological polar surface area (TPSA) is 48.1 Å². The van der Waals surface area contributed by atoms with Gasteiger partial charge in [-0.3, -0.25) is 0 Å². The van der Waals surface area contributed by atoms with Crippen molar-refractivity contribution in [3.63, 3.8) is 0 Å². The molecule has 0 saturated heterocycles. The molecular formula is C16H22N2OS. The molecule has 20 heavy (non-hydrogen) atoms.